The molecule has 2 atom stereocenters. The van der Waals surface area contributed by atoms with Crippen LogP contribution < -0.4 is 10.2 Å². The molecule has 0 saturated heterocycles. The zero-order chi connectivity index (χ0) is 17.7. The maximum absolute atomic E-state index is 10.6. The molecule has 9 heteroatoms. The van der Waals surface area contributed by atoms with Crippen LogP contribution >= 0.6 is 0 Å². The summed E-state index contributed by atoms with van der Waals surface area (Å²) in [6, 6.07) is 0. The molecule has 2 unspecified atom stereocenters. The van der Waals surface area contributed by atoms with Crippen molar-refractivity contribution in [3.05, 3.63) is 0 Å². The maximum Gasteiger partial charge on any atom is 2.00 e. The van der Waals surface area contributed by atoms with Crippen molar-refractivity contribution < 1.29 is 38.9 Å². The van der Waals surface area contributed by atoms with Crippen molar-refractivity contribution in [1.29, 1.82) is 0 Å². The predicted molar refractivity (Wildman–Crippen MR) is 76.6 cm³/mol. The van der Waals surface area contributed by atoms with Gasteiger partial charge in [-0.1, -0.05) is 13.8 Å². The zero-order valence-corrected chi connectivity index (χ0v) is 18.4. The molecule has 0 spiro atoms. The van der Waals surface area contributed by atoms with Crippen molar-refractivity contribution in [3.63, 3.8) is 0 Å². The van der Waals surface area contributed by atoms with Gasteiger partial charge in [0.25, 0.3) is 0 Å². The van der Waals surface area contributed by atoms with Gasteiger partial charge in [-0.05, 0) is 24.7 Å². The van der Waals surface area contributed by atoms with E-state index in [9.17, 15) is 29.4 Å². The van der Waals surface area contributed by atoms with Gasteiger partial charge in [-0.25, -0.2) is 0 Å². The molecule has 0 aliphatic heterocycles. The number of carboxylic acid groups (broad SMARTS) is 2. The fourth-order valence-corrected chi connectivity index (χ4v) is 1.45. The number of esters is 2. The average Bonchev–Trinajstić information content (AvgIpc) is 2.36. The molecular weight excluding hydrogens is 433 g/mol. The van der Waals surface area contributed by atoms with Crippen LogP contribution in [0.3, 0.4) is 0 Å². The van der Waals surface area contributed by atoms with E-state index in [0.29, 0.717) is 0 Å². The summed E-state index contributed by atoms with van der Waals surface area (Å²) in [5.41, 5.74) is 0. The third-order valence-electron chi connectivity index (χ3n) is 2.52. The minimum Gasteiger partial charge on any atom is -0.550 e. The van der Waals surface area contributed by atoms with Crippen LogP contribution in [0.5, 0.6) is 0 Å². The number of aliphatic carboxylic acids is 2. The van der Waals surface area contributed by atoms with E-state index < -0.39 is 23.9 Å². The van der Waals surface area contributed by atoms with Crippen LogP contribution in [0.25, 0.3) is 0 Å². The normalized spacial score (nSPS) is 11.7. The van der Waals surface area contributed by atoms with Crippen LogP contribution in [0.4, 0.5) is 0 Å². The first-order valence-corrected chi connectivity index (χ1v) is 6.65. The van der Waals surface area contributed by atoms with E-state index in [1.807, 2.05) is 0 Å². The summed E-state index contributed by atoms with van der Waals surface area (Å²) in [5.74, 6) is -3.49. The Hall–Kier alpha value is -0.549. The van der Waals surface area contributed by atoms with Gasteiger partial charge in [-0.3, -0.25) is 9.59 Å². The number of carboxylic acids is 2. The van der Waals surface area contributed by atoms with Crippen LogP contribution in [0.15, 0.2) is 0 Å². The molecule has 0 bridgehead atoms. The van der Waals surface area contributed by atoms with Crippen molar-refractivity contribution in [2.24, 2.45) is 11.8 Å². The van der Waals surface area contributed by atoms with Crippen LogP contribution in [-0.4, -0.2) is 87.0 Å². The van der Waals surface area contributed by atoms with E-state index in [1.54, 1.807) is 13.8 Å². The number of carbonyl (C=O) groups excluding carboxylic acids is 4. The molecule has 128 valence electrons. The quantitative estimate of drug-likeness (QED) is 0.311. The van der Waals surface area contributed by atoms with E-state index in [1.165, 1.54) is 14.2 Å². The summed E-state index contributed by atoms with van der Waals surface area (Å²) in [4.78, 5) is 41.2. The Morgan fingerprint density at radius 2 is 1.00 bits per heavy atom. The van der Waals surface area contributed by atoms with Crippen molar-refractivity contribution in [2.45, 2.75) is 39.5 Å². The Morgan fingerprint density at radius 3 is 1.17 bits per heavy atom. The van der Waals surface area contributed by atoms with Gasteiger partial charge in [0.05, 0.1) is 14.2 Å². The van der Waals surface area contributed by atoms with E-state index in [4.69, 9.17) is 0 Å². The van der Waals surface area contributed by atoms with Gasteiger partial charge < -0.3 is 29.3 Å². The minimum absolute atomic E-state index is 0. The van der Waals surface area contributed by atoms with Gasteiger partial charge in [-0.15, -0.1) is 0 Å². The molecule has 0 heterocycles. The van der Waals surface area contributed by atoms with Gasteiger partial charge in [0, 0.05) is 24.8 Å². The molecule has 8 nitrogen and oxygen atoms in total. The third-order valence-corrected chi connectivity index (χ3v) is 2.52. The monoisotopic (exact) mass is 456 g/mol. The Bertz CT molecular complexity index is 347. The second kappa shape index (κ2) is 16.3. The van der Waals surface area contributed by atoms with Crippen molar-refractivity contribution in [3.8, 4) is 0 Å². The molecule has 0 aromatic heterocycles. The first-order valence-electron chi connectivity index (χ1n) is 6.65. The van der Waals surface area contributed by atoms with Crippen molar-refractivity contribution in [1.82, 2.24) is 0 Å². The number of methoxy groups -OCH3 is 2. The first kappa shape index (κ1) is 27.3. The Morgan fingerprint density at radius 1 is 0.739 bits per heavy atom. The molecule has 0 N–H and O–H groups in total. The van der Waals surface area contributed by atoms with Crippen molar-refractivity contribution >= 4 is 72.8 Å². The summed E-state index contributed by atoms with van der Waals surface area (Å²) in [5, 5.41) is 20.0. The molecule has 0 rings (SSSR count). The first-order chi connectivity index (χ1) is 10.1. The van der Waals surface area contributed by atoms with Crippen LogP contribution in [-0.2, 0) is 28.7 Å². The number of hydrogen-bond acceptors (Lipinski definition) is 8. The van der Waals surface area contributed by atoms with Gasteiger partial charge in [0.1, 0.15) is 0 Å². The molecule has 0 saturated carbocycles. The van der Waals surface area contributed by atoms with E-state index in [0.717, 1.165) is 0 Å². The number of carbonyl (C=O) groups is 4. The summed E-state index contributed by atoms with van der Waals surface area (Å²) in [6.45, 7) is 3.32. The molecule has 0 radical (unpaired) electrons. The second-order valence-corrected chi connectivity index (χ2v) is 4.92. The molecule has 0 fully saturated rings. The molecule has 0 amide bonds. The minimum atomic E-state index is -1.14. The van der Waals surface area contributed by atoms with Gasteiger partial charge in [0.2, 0.25) is 0 Å². The predicted octanol–water partition coefficient (Wildman–Crippen LogP) is -1.73. The van der Waals surface area contributed by atoms with E-state index in [-0.39, 0.29) is 86.4 Å². The Labute approximate surface area is 176 Å². The summed E-state index contributed by atoms with van der Waals surface area (Å²) >= 11 is 0. The Balaban J connectivity index is -0.000000333. The summed E-state index contributed by atoms with van der Waals surface area (Å²) in [6.07, 6.45) is 0.0547. The molecule has 0 aromatic rings. The van der Waals surface area contributed by atoms with Crippen LogP contribution in [0.1, 0.15) is 39.5 Å². The fourth-order valence-electron chi connectivity index (χ4n) is 1.45. The largest absolute Gasteiger partial charge is 2.00 e. The Kier molecular flexibility index (Phi) is 19.4. The average molecular weight is 456 g/mol. The fraction of sp³-hybridized carbons (Fsp3) is 0.714. The van der Waals surface area contributed by atoms with Gasteiger partial charge in [0.15, 0.2) is 0 Å². The third kappa shape index (κ3) is 21.5. The molecule has 0 aromatic carbocycles. The smallest absolute Gasteiger partial charge is 0.550 e. The van der Waals surface area contributed by atoms with Gasteiger partial charge >= 0.3 is 60.8 Å². The van der Waals surface area contributed by atoms with Crippen LogP contribution in [0.2, 0.25) is 0 Å². The standard InChI is InChI=1S/2C7H12O4.Ba/c2*1-5(3-6(8)9)4-7(10)11-2;/h2*5H,3-4H2,1-2H3,(H,8,9);/q;;+2/p-2. The number of hydrogen-bond donors (Lipinski definition) is 0. The number of rotatable bonds is 8. The van der Waals surface area contributed by atoms with Crippen LogP contribution in [0, 0.1) is 11.8 Å². The zero-order valence-electron chi connectivity index (χ0n) is 14.0. The van der Waals surface area contributed by atoms with Crippen molar-refractivity contribution in [2.75, 3.05) is 14.2 Å². The van der Waals surface area contributed by atoms with Gasteiger partial charge in [-0.2, -0.15) is 0 Å². The summed E-state index contributed by atoms with van der Waals surface area (Å²) in [7, 11) is 2.54. The molecule has 23 heavy (non-hydrogen) atoms. The molecule has 0 aliphatic rings. The van der Waals surface area contributed by atoms with E-state index >= 15 is 0 Å². The maximum atomic E-state index is 10.6. The van der Waals surface area contributed by atoms with E-state index in [2.05, 4.69) is 9.47 Å². The SMILES string of the molecule is COC(=O)CC(C)CC(=O)[O-].COC(=O)CC(C)CC(=O)[O-].[Ba+2]. The summed E-state index contributed by atoms with van der Waals surface area (Å²) < 4.78 is 8.70. The topological polar surface area (TPSA) is 133 Å². The second-order valence-electron chi connectivity index (χ2n) is 4.92. The molecule has 0 aliphatic carbocycles. The number of ether oxygens (including phenoxy) is 2. The molecular formula is C14H22BaO8.